The number of hydrogen-bond donors (Lipinski definition) is 1. The molecule has 1 aromatic heterocycles. The maximum atomic E-state index is 12.5. The van der Waals surface area contributed by atoms with Crippen molar-refractivity contribution in [3.63, 3.8) is 0 Å². The summed E-state index contributed by atoms with van der Waals surface area (Å²) in [5, 5.41) is 4.06. The van der Waals surface area contributed by atoms with E-state index in [1.807, 2.05) is 13.8 Å². The number of rotatable bonds is 5. The number of aryl methyl sites for hydroxylation is 1. The molecule has 0 spiro atoms. The van der Waals surface area contributed by atoms with Crippen molar-refractivity contribution < 1.29 is 4.79 Å². The maximum Gasteiger partial charge on any atom is 0.189 e. The molecular weight excluding hydrogens is 270 g/mol. The topological polar surface area (TPSA) is 60.9 Å². The molecule has 4 nitrogen and oxygen atoms in total. The maximum absolute atomic E-state index is 12.5. The van der Waals surface area contributed by atoms with Crippen LogP contribution in [0.3, 0.4) is 0 Å². The average molecular weight is 288 g/mol. The average Bonchev–Trinajstić information content (AvgIpc) is 2.61. The molecule has 2 N–H and O–H groups in total. The van der Waals surface area contributed by atoms with Crippen molar-refractivity contribution in [3.8, 4) is 0 Å². The number of nitrogens with two attached hydrogens (primary N) is 1. The van der Waals surface area contributed by atoms with Crippen LogP contribution in [0.5, 0.6) is 0 Å². The van der Waals surface area contributed by atoms with Crippen LogP contribution in [-0.2, 0) is 7.05 Å². The van der Waals surface area contributed by atoms with Gasteiger partial charge in [-0.15, -0.1) is 0 Å². The van der Waals surface area contributed by atoms with Crippen LogP contribution in [0, 0.1) is 5.41 Å². The third-order valence-corrected chi connectivity index (χ3v) is 3.92. The summed E-state index contributed by atoms with van der Waals surface area (Å²) in [6.45, 7) is 4.37. The normalized spacial score (nSPS) is 11.8. The van der Waals surface area contributed by atoms with Crippen LogP contribution < -0.4 is 5.73 Å². The zero-order valence-electron chi connectivity index (χ0n) is 9.96. The van der Waals surface area contributed by atoms with E-state index >= 15 is 0 Å². The molecule has 0 amide bonds. The summed E-state index contributed by atoms with van der Waals surface area (Å²) in [6, 6.07) is 0. The lowest BCUT2D eigenvalue weighted by atomic mass is 9.77. The minimum absolute atomic E-state index is 0.0758. The van der Waals surface area contributed by atoms with Gasteiger partial charge in [-0.2, -0.15) is 5.10 Å². The summed E-state index contributed by atoms with van der Waals surface area (Å²) in [4.78, 5) is 12.5. The van der Waals surface area contributed by atoms with E-state index in [2.05, 4.69) is 21.0 Å². The third-order valence-electron chi connectivity index (χ3n) is 3.34. The van der Waals surface area contributed by atoms with Crippen molar-refractivity contribution in [1.82, 2.24) is 9.78 Å². The van der Waals surface area contributed by atoms with E-state index in [0.29, 0.717) is 12.2 Å². The van der Waals surface area contributed by atoms with Crippen LogP contribution in [0.15, 0.2) is 10.7 Å². The molecule has 0 unspecified atom stereocenters. The largest absolute Gasteiger partial charge is 0.329 e. The highest BCUT2D eigenvalue weighted by Gasteiger charge is 2.36. The van der Waals surface area contributed by atoms with Crippen LogP contribution >= 0.6 is 15.9 Å². The number of ketones is 1. The molecule has 5 heteroatoms. The fourth-order valence-corrected chi connectivity index (χ4v) is 2.40. The number of halogens is 1. The predicted octanol–water partition coefficient (Wildman–Crippen LogP) is 2.13. The van der Waals surface area contributed by atoms with Gasteiger partial charge in [0.15, 0.2) is 5.78 Å². The first-order chi connectivity index (χ1) is 7.52. The Morgan fingerprint density at radius 1 is 1.56 bits per heavy atom. The first-order valence-corrected chi connectivity index (χ1v) is 6.24. The Kier molecular flexibility index (Phi) is 4.27. The quantitative estimate of drug-likeness (QED) is 0.844. The molecule has 0 aliphatic heterocycles. The second-order valence-corrected chi connectivity index (χ2v) is 4.84. The van der Waals surface area contributed by atoms with E-state index in [1.54, 1.807) is 17.9 Å². The van der Waals surface area contributed by atoms with Gasteiger partial charge in [-0.05, 0) is 28.8 Å². The lowest BCUT2D eigenvalue weighted by Crippen LogP contribution is -2.38. The summed E-state index contributed by atoms with van der Waals surface area (Å²) < 4.78 is 2.34. The van der Waals surface area contributed by atoms with Crippen molar-refractivity contribution in [2.75, 3.05) is 6.54 Å². The van der Waals surface area contributed by atoms with E-state index in [0.717, 1.165) is 17.3 Å². The van der Waals surface area contributed by atoms with E-state index in [4.69, 9.17) is 5.73 Å². The highest BCUT2D eigenvalue weighted by Crippen LogP contribution is 2.32. The van der Waals surface area contributed by atoms with Gasteiger partial charge in [-0.25, -0.2) is 0 Å². The van der Waals surface area contributed by atoms with Gasteiger partial charge in [0.2, 0.25) is 0 Å². The number of carbonyl (C=O) groups excluding carboxylic acids is 1. The molecule has 0 saturated heterocycles. The Morgan fingerprint density at radius 3 is 2.44 bits per heavy atom. The lowest BCUT2D eigenvalue weighted by molar-refractivity contribution is 0.0775. The Hall–Kier alpha value is -0.680. The van der Waals surface area contributed by atoms with Crippen molar-refractivity contribution in [2.24, 2.45) is 18.2 Å². The summed E-state index contributed by atoms with van der Waals surface area (Å²) in [5.41, 5.74) is 5.91. The molecule has 0 aromatic carbocycles. The molecule has 1 aromatic rings. The van der Waals surface area contributed by atoms with Crippen molar-refractivity contribution >= 4 is 21.7 Å². The minimum Gasteiger partial charge on any atom is -0.329 e. The number of nitrogens with zero attached hydrogens (tertiary/aromatic N) is 2. The van der Waals surface area contributed by atoms with Crippen LogP contribution in [0.25, 0.3) is 0 Å². The minimum atomic E-state index is -0.462. The molecule has 0 radical (unpaired) electrons. The molecule has 0 fully saturated rings. The standard InChI is InChI=1S/C11H18BrN3O/c1-4-11(5-2,7-13)10(16)9-8(12)6-14-15(9)3/h6H,4-5,7,13H2,1-3H3. The summed E-state index contributed by atoms with van der Waals surface area (Å²) >= 11 is 3.35. The summed E-state index contributed by atoms with van der Waals surface area (Å²) in [5.74, 6) is 0.0758. The van der Waals surface area contributed by atoms with Gasteiger partial charge in [-0.3, -0.25) is 9.48 Å². The van der Waals surface area contributed by atoms with Crippen LogP contribution in [0.1, 0.15) is 37.2 Å². The number of Topliss-reactive ketones (excluding diaryl/α,β-unsaturated/α-hetero) is 1. The molecule has 1 rings (SSSR count). The van der Waals surface area contributed by atoms with Crippen molar-refractivity contribution in [3.05, 3.63) is 16.4 Å². The second-order valence-electron chi connectivity index (χ2n) is 3.99. The summed E-state index contributed by atoms with van der Waals surface area (Å²) in [7, 11) is 1.77. The molecule has 0 aliphatic rings. The van der Waals surface area contributed by atoms with E-state index < -0.39 is 5.41 Å². The van der Waals surface area contributed by atoms with Gasteiger partial charge in [0.1, 0.15) is 5.69 Å². The van der Waals surface area contributed by atoms with Gasteiger partial charge in [0.05, 0.1) is 10.7 Å². The molecule has 16 heavy (non-hydrogen) atoms. The van der Waals surface area contributed by atoms with Gasteiger partial charge in [0.25, 0.3) is 0 Å². The van der Waals surface area contributed by atoms with E-state index in [9.17, 15) is 4.79 Å². The molecule has 1 heterocycles. The number of aromatic nitrogens is 2. The highest BCUT2D eigenvalue weighted by molar-refractivity contribution is 9.10. The van der Waals surface area contributed by atoms with Crippen molar-refractivity contribution in [2.45, 2.75) is 26.7 Å². The van der Waals surface area contributed by atoms with Crippen LogP contribution in [-0.4, -0.2) is 22.1 Å². The monoisotopic (exact) mass is 287 g/mol. The fraction of sp³-hybridized carbons (Fsp3) is 0.636. The van der Waals surface area contributed by atoms with E-state index in [1.165, 1.54) is 0 Å². The zero-order chi connectivity index (χ0) is 12.3. The highest BCUT2D eigenvalue weighted by atomic mass is 79.9. The molecule has 0 aliphatic carbocycles. The Labute approximate surface area is 104 Å². The first kappa shape index (κ1) is 13.4. The fourth-order valence-electron chi connectivity index (χ4n) is 1.87. The van der Waals surface area contributed by atoms with Gasteiger partial charge < -0.3 is 5.73 Å². The SMILES string of the molecule is CCC(CC)(CN)C(=O)c1c(Br)cnn1C. The summed E-state index contributed by atoms with van der Waals surface area (Å²) in [6.07, 6.45) is 3.13. The Morgan fingerprint density at radius 2 is 2.12 bits per heavy atom. The molecular formula is C11H18BrN3O. The Balaban J connectivity index is 3.19. The second kappa shape index (κ2) is 5.10. The first-order valence-electron chi connectivity index (χ1n) is 5.44. The number of hydrogen-bond acceptors (Lipinski definition) is 3. The molecule has 0 bridgehead atoms. The van der Waals surface area contributed by atoms with Crippen molar-refractivity contribution in [1.29, 1.82) is 0 Å². The van der Waals surface area contributed by atoms with Gasteiger partial charge >= 0.3 is 0 Å². The molecule has 90 valence electrons. The van der Waals surface area contributed by atoms with Gasteiger partial charge in [0, 0.05) is 19.0 Å². The van der Waals surface area contributed by atoms with Crippen LogP contribution in [0.4, 0.5) is 0 Å². The van der Waals surface area contributed by atoms with E-state index in [-0.39, 0.29) is 5.78 Å². The molecule has 0 atom stereocenters. The molecule has 0 saturated carbocycles. The van der Waals surface area contributed by atoms with Gasteiger partial charge in [-0.1, -0.05) is 13.8 Å². The third kappa shape index (κ3) is 2.06. The zero-order valence-corrected chi connectivity index (χ0v) is 11.5. The van der Waals surface area contributed by atoms with Crippen LogP contribution in [0.2, 0.25) is 0 Å². The predicted molar refractivity (Wildman–Crippen MR) is 67.3 cm³/mol. The smallest absolute Gasteiger partial charge is 0.189 e. The number of carbonyl (C=O) groups is 1. The Bertz CT molecular complexity index is 355. The lowest BCUT2D eigenvalue weighted by Gasteiger charge is -2.28.